The van der Waals surface area contributed by atoms with E-state index in [9.17, 15) is 9.59 Å². The van der Waals surface area contributed by atoms with Gasteiger partial charge in [0.1, 0.15) is 5.70 Å². The van der Waals surface area contributed by atoms with Crippen LogP contribution in [0.4, 0.5) is 5.69 Å². The van der Waals surface area contributed by atoms with Gasteiger partial charge >= 0.3 is 11.9 Å². The number of hydrogen-bond donors (Lipinski definition) is 1. The molecule has 2 aromatic carbocycles. The highest BCUT2D eigenvalue weighted by molar-refractivity contribution is 6.00. The summed E-state index contributed by atoms with van der Waals surface area (Å²) in [6.07, 6.45) is 1.13. The van der Waals surface area contributed by atoms with Gasteiger partial charge in [-0.2, -0.15) is 0 Å². The van der Waals surface area contributed by atoms with Crippen LogP contribution < -0.4 is 5.32 Å². The second kappa shape index (κ2) is 9.31. The van der Waals surface area contributed by atoms with E-state index in [1.807, 2.05) is 38.2 Å². The number of nitrogens with one attached hydrogen (secondary N) is 1. The Labute approximate surface area is 176 Å². The first-order valence-electron chi connectivity index (χ1n) is 9.92. The van der Waals surface area contributed by atoms with Gasteiger partial charge < -0.3 is 19.4 Å². The van der Waals surface area contributed by atoms with Crippen molar-refractivity contribution >= 4 is 28.5 Å². The first-order valence-corrected chi connectivity index (χ1v) is 9.92. The summed E-state index contributed by atoms with van der Waals surface area (Å²) in [6.45, 7) is 5.80. The molecule has 0 saturated heterocycles. The summed E-state index contributed by atoms with van der Waals surface area (Å²) in [5.41, 5.74) is 4.98. The normalized spacial score (nSPS) is 11.4. The molecule has 156 valence electrons. The van der Waals surface area contributed by atoms with E-state index >= 15 is 0 Å². The van der Waals surface area contributed by atoms with Gasteiger partial charge in [0.25, 0.3) is 0 Å². The lowest BCUT2D eigenvalue weighted by atomic mass is 10.1. The first-order chi connectivity index (χ1) is 14.4. The Balaban J connectivity index is 2.01. The van der Waals surface area contributed by atoms with Gasteiger partial charge in [-0.25, -0.2) is 9.59 Å². The Morgan fingerprint density at radius 2 is 1.73 bits per heavy atom. The van der Waals surface area contributed by atoms with E-state index in [0.717, 1.165) is 39.5 Å². The first kappa shape index (κ1) is 21.2. The molecule has 30 heavy (non-hydrogen) atoms. The quantitative estimate of drug-likeness (QED) is 0.460. The van der Waals surface area contributed by atoms with Crippen molar-refractivity contribution in [2.24, 2.45) is 7.05 Å². The molecule has 6 heteroatoms. The number of carbonyl (C=O) groups excluding carboxylic acids is 2. The number of aryl methyl sites for hydroxylation is 2. The Morgan fingerprint density at radius 1 is 1.03 bits per heavy atom. The number of esters is 2. The predicted octanol–water partition coefficient (Wildman–Crippen LogP) is 4.58. The van der Waals surface area contributed by atoms with Crippen LogP contribution >= 0.6 is 0 Å². The van der Waals surface area contributed by atoms with E-state index in [0.29, 0.717) is 0 Å². The molecule has 0 aliphatic carbocycles. The molecule has 0 saturated carbocycles. The van der Waals surface area contributed by atoms with Gasteiger partial charge in [0, 0.05) is 29.3 Å². The minimum atomic E-state index is -0.608. The number of ether oxygens (including phenoxy) is 2. The Hall–Kier alpha value is -3.54. The molecule has 6 nitrogen and oxygen atoms in total. The smallest absolute Gasteiger partial charge is 0.355 e. The SMILES string of the molecule is CCOC(=O)/C=C(/Nc1cc2cc(-c3ccccc3)n(C)c2cc1C)C(=O)OCC. The zero-order valence-corrected chi connectivity index (χ0v) is 17.7. The van der Waals surface area contributed by atoms with Crippen molar-refractivity contribution in [2.45, 2.75) is 20.8 Å². The van der Waals surface area contributed by atoms with Crippen LogP contribution in [0.2, 0.25) is 0 Å². The van der Waals surface area contributed by atoms with Gasteiger partial charge in [-0.1, -0.05) is 30.3 Å². The number of rotatable bonds is 7. The molecule has 0 bridgehead atoms. The molecule has 1 N–H and O–H groups in total. The molecule has 0 fully saturated rings. The molecule has 3 rings (SSSR count). The summed E-state index contributed by atoms with van der Waals surface area (Å²) in [4.78, 5) is 24.2. The molecule has 3 aromatic rings. The van der Waals surface area contributed by atoms with Crippen molar-refractivity contribution in [1.29, 1.82) is 0 Å². The highest BCUT2D eigenvalue weighted by Crippen LogP contribution is 2.31. The third-order valence-corrected chi connectivity index (χ3v) is 4.77. The van der Waals surface area contributed by atoms with Gasteiger partial charge in [-0.3, -0.25) is 0 Å². The van der Waals surface area contributed by atoms with Crippen LogP contribution in [0.3, 0.4) is 0 Å². The van der Waals surface area contributed by atoms with Crippen molar-refractivity contribution < 1.29 is 19.1 Å². The van der Waals surface area contributed by atoms with Gasteiger partial charge in [0.2, 0.25) is 0 Å². The van der Waals surface area contributed by atoms with Crippen LogP contribution in [-0.2, 0) is 26.1 Å². The Kier molecular flexibility index (Phi) is 6.57. The number of nitrogens with zero attached hydrogens (tertiary/aromatic N) is 1. The van der Waals surface area contributed by atoms with Crippen LogP contribution in [0, 0.1) is 6.92 Å². The average Bonchev–Trinajstić information content (AvgIpc) is 3.04. The predicted molar refractivity (Wildman–Crippen MR) is 118 cm³/mol. The zero-order chi connectivity index (χ0) is 21.7. The van der Waals surface area contributed by atoms with Crippen molar-refractivity contribution in [3.63, 3.8) is 0 Å². The van der Waals surface area contributed by atoms with Crippen molar-refractivity contribution in [3.05, 3.63) is 65.9 Å². The van der Waals surface area contributed by atoms with Crippen molar-refractivity contribution in [3.8, 4) is 11.3 Å². The van der Waals surface area contributed by atoms with Gasteiger partial charge in [-0.05, 0) is 50.1 Å². The van der Waals surface area contributed by atoms with Crippen LogP contribution in [0.1, 0.15) is 19.4 Å². The lowest BCUT2D eigenvalue weighted by molar-refractivity contribution is -0.140. The highest BCUT2D eigenvalue weighted by atomic mass is 16.5. The lowest BCUT2D eigenvalue weighted by Crippen LogP contribution is -2.17. The summed E-state index contributed by atoms with van der Waals surface area (Å²) >= 11 is 0. The minimum Gasteiger partial charge on any atom is -0.463 e. The molecule has 0 atom stereocenters. The summed E-state index contributed by atoms with van der Waals surface area (Å²) in [5.74, 6) is -1.21. The van der Waals surface area contributed by atoms with E-state index in [1.54, 1.807) is 13.8 Å². The fraction of sp³-hybridized carbons (Fsp3) is 0.250. The van der Waals surface area contributed by atoms with Crippen LogP contribution in [0.15, 0.2) is 60.3 Å². The Bertz CT molecular complexity index is 1100. The zero-order valence-electron chi connectivity index (χ0n) is 17.7. The molecule has 1 aromatic heterocycles. The molecule has 0 aliphatic heterocycles. The summed E-state index contributed by atoms with van der Waals surface area (Å²) in [7, 11) is 2.03. The second-order valence-corrected chi connectivity index (χ2v) is 6.84. The third-order valence-electron chi connectivity index (χ3n) is 4.77. The maximum absolute atomic E-state index is 12.3. The molecule has 1 heterocycles. The fourth-order valence-electron chi connectivity index (χ4n) is 3.31. The fourth-order valence-corrected chi connectivity index (χ4v) is 3.31. The molecule has 0 radical (unpaired) electrons. The lowest BCUT2D eigenvalue weighted by Gasteiger charge is -2.13. The number of fused-ring (bicyclic) bond motifs is 1. The third kappa shape index (κ3) is 4.54. The van der Waals surface area contributed by atoms with E-state index in [1.165, 1.54) is 0 Å². The van der Waals surface area contributed by atoms with Crippen molar-refractivity contribution in [1.82, 2.24) is 4.57 Å². The second-order valence-electron chi connectivity index (χ2n) is 6.84. The average molecular weight is 406 g/mol. The van der Waals surface area contributed by atoms with E-state index in [4.69, 9.17) is 9.47 Å². The molecule has 0 aliphatic rings. The van der Waals surface area contributed by atoms with Crippen LogP contribution in [-0.4, -0.2) is 29.7 Å². The van der Waals surface area contributed by atoms with E-state index in [2.05, 4.69) is 34.1 Å². The summed E-state index contributed by atoms with van der Waals surface area (Å²) < 4.78 is 12.2. The topological polar surface area (TPSA) is 69.6 Å². The van der Waals surface area contributed by atoms with Gasteiger partial charge in [0.15, 0.2) is 0 Å². The molecule has 0 spiro atoms. The molecule has 0 unspecified atom stereocenters. The van der Waals surface area contributed by atoms with E-state index < -0.39 is 11.9 Å². The molecular formula is C24H26N2O4. The van der Waals surface area contributed by atoms with Crippen molar-refractivity contribution in [2.75, 3.05) is 18.5 Å². The minimum absolute atomic E-state index is 0.0389. The Morgan fingerprint density at radius 3 is 2.40 bits per heavy atom. The van der Waals surface area contributed by atoms with Gasteiger partial charge in [0.05, 0.1) is 19.3 Å². The maximum Gasteiger partial charge on any atom is 0.355 e. The number of hydrogen-bond acceptors (Lipinski definition) is 5. The number of anilines is 1. The van der Waals surface area contributed by atoms with E-state index in [-0.39, 0.29) is 18.9 Å². The summed E-state index contributed by atoms with van der Waals surface area (Å²) in [6, 6.07) is 16.3. The summed E-state index contributed by atoms with van der Waals surface area (Å²) in [5, 5.41) is 4.08. The largest absolute Gasteiger partial charge is 0.463 e. The highest BCUT2D eigenvalue weighted by Gasteiger charge is 2.16. The maximum atomic E-state index is 12.3. The number of carbonyl (C=O) groups is 2. The molecular weight excluding hydrogens is 380 g/mol. The monoisotopic (exact) mass is 406 g/mol. The van der Waals surface area contributed by atoms with Crippen LogP contribution in [0.25, 0.3) is 22.2 Å². The number of benzene rings is 2. The molecule has 0 amide bonds. The standard InChI is InChI=1S/C24H26N2O4/c1-5-29-23(27)15-20(24(28)30-6-2)25-19-13-18-14-22(17-10-8-7-9-11-17)26(4)21(18)12-16(19)3/h7-15,25H,5-6H2,1-4H3/b20-15+. The van der Waals surface area contributed by atoms with Gasteiger partial charge in [-0.15, -0.1) is 0 Å². The van der Waals surface area contributed by atoms with Crippen LogP contribution in [0.5, 0.6) is 0 Å². The number of aromatic nitrogens is 1.